The number of nitrogens with two attached hydrogens (primary N) is 1. The van der Waals surface area contributed by atoms with Crippen molar-refractivity contribution in [1.29, 1.82) is 0 Å². The van der Waals surface area contributed by atoms with Crippen LogP contribution in [0.4, 0.5) is 0 Å². The fourth-order valence-electron chi connectivity index (χ4n) is 2.02. The lowest BCUT2D eigenvalue weighted by Crippen LogP contribution is -2.53. The molecule has 1 aliphatic rings. The van der Waals surface area contributed by atoms with Gasteiger partial charge >= 0.3 is 0 Å². The number of nitrogens with zero attached hydrogens (tertiary/aromatic N) is 2. The van der Waals surface area contributed by atoms with E-state index in [9.17, 15) is 8.42 Å². The van der Waals surface area contributed by atoms with Gasteiger partial charge in [-0.2, -0.15) is 12.7 Å². The summed E-state index contributed by atoms with van der Waals surface area (Å²) in [6, 6.07) is 0.117. The third kappa shape index (κ3) is 4.17. The van der Waals surface area contributed by atoms with Crippen LogP contribution < -0.4 is 10.5 Å². The molecule has 7 heteroatoms. The lowest BCUT2D eigenvalue weighted by atomic mass is 10.1. The molecule has 108 valence electrons. The van der Waals surface area contributed by atoms with Crippen molar-refractivity contribution in [3.05, 3.63) is 0 Å². The van der Waals surface area contributed by atoms with Crippen molar-refractivity contribution in [2.75, 3.05) is 33.7 Å². The second-order valence-corrected chi connectivity index (χ2v) is 6.87. The summed E-state index contributed by atoms with van der Waals surface area (Å²) in [6.07, 6.45) is 2.84. The molecule has 0 aromatic heterocycles. The molecule has 1 fully saturated rings. The SMILES string of the molecule is CC(CNS(=O)(=O)N1CCCCC1CN)N(C)C. The summed E-state index contributed by atoms with van der Waals surface area (Å²) in [6.45, 7) is 3.37. The highest BCUT2D eigenvalue weighted by atomic mass is 32.2. The third-order valence-electron chi connectivity index (χ3n) is 3.60. The maximum absolute atomic E-state index is 12.2. The Bertz CT molecular complexity index is 345. The van der Waals surface area contributed by atoms with Crippen molar-refractivity contribution in [2.24, 2.45) is 5.73 Å². The van der Waals surface area contributed by atoms with Gasteiger partial charge in [0.05, 0.1) is 0 Å². The number of nitrogens with one attached hydrogen (secondary N) is 1. The molecular formula is C11H26N4O2S. The van der Waals surface area contributed by atoms with E-state index in [4.69, 9.17) is 5.73 Å². The van der Waals surface area contributed by atoms with E-state index in [2.05, 4.69) is 4.72 Å². The zero-order chi connectivity index (χ0) is 13.8. The minimum Gasteiger partial charge on any atom is -0.329 e. The van der Waals surface area contributed by atoms with E-state index in [0.29, 0.717) is 19.6 Å². The molecule has 0 aliphatic carbocycles. The molecule has 1 rings (SSSR count). The largest absolute Gasteiger partial charge is 0.329 e. The molecule has 0 spiro atoms. The molecule has 0 bridgehead atoms. The van der Waals surface area contributed by atoms with Crippen molar-refractivity contribution in [1.82, 2.24) is 13.9 Å². The molecule has 1 saturated heterocycles. The molecule has 2 unspecified atom stereocenters. The molecule has 18 heavy (non-hydrogen) atoms. The highest BCUT2D eigenvalue weighted by Crippen LogP contribution is 2.18. The zero-order valence-electron chi connectivity index (χ0n) is 11.6. The lowest BCUT2D eigenvalue weighted by molar-refractivity contribution is 0.251. The van der Waals surface area contributed by atoms with Gasteiger partial charge in [0.2, 0.25) is 0 Å². The lowest BCUT2D eigenvalue weighted by Gasteiger charge is -2.34. The molecular weight excluding hydrogens is 252 g/mol. The monoisotopic (exact) mass is 278 g/mol. The van der Waals surface area contributed by atoms with Crippen LogP contribution in [0.15, 0.2) is 0 Å². The molecule has 6 nitrogen and oxygen atoms in total. The molecule has 2 atom stereocenters. The van der Waals surface area contributed by atoms with E-state index in [1.807, 2.05) is 25.9 Å². The van der Waals surface area contributed by atoms with Crippen LogP contribution in [0.5, 0.6) is 0 Å². The first kappa shape index (κ1) is 15.8. The topological polar surface area (TPSA) is 78.7 Å². The molecule has 3 N–H and O–H groups in total. The maximum Gasteiger partial charge on any atom is 0.279 e. The normalized spacial score (nSPS) is 24.4. The first-order chi connectivity index (χ1) is 8.38. The summed E-state index contributed by atoms with van der Waals surface area (Å²) in [4.78, 5) is 1.99. The van der Waals surface area contributed by atoms with Gasteiger partial charge in [-0.1, -0.05) is 6.42 Å². The van der Waals surface area contributed by atoms with Crippen LogP contribution in [0.1, 0.15) is 26.2 Å². The summed E-state index contributed by atoms with van der Waals surface area (Å²) in [5.41, 5.74) is 5.65. The van der Waals surface area contributed by atoms with Crippen LogP contribution in [-0.4, -0.2) is 63.4 Å². The minimum absolute atomic E-state index is 0.0501. The van der Waals surface area contributed by atoms with Crippen molar-refractivity contribution in [3.8, 4) is 0 Å². The van der Waals surface area contributed by atoms with Crippen LogP contribution in [0, 0.1) is 0 Å². The summed E-state index contributed by atoms with van der Waals surface area (Å²) >= 11 is 0. The molecule has 0 aromatic rings. The Kier molecular flexibility index (Phi) is 6.00. The van der Waals surface area contributed by atoms with Crippen LogP contribution >= 0.6 is 0 Å². The number of hydrogen-bond acceptors (Lipinski definition) is 4. The van der Waals surface area contributed by atoms with E-state index < -0.39 is 10.2 Å². The summed E-state index contributed by atoms with van der Waals surface area (Å²) < 4.78 is 28.6. The average Bonchev–Trinajstić information content (AvgIpc) is 2.35. The van der Waals surface area contributed by atoms with Gasteiger partial charge in [0.1, 0.15) is 0 Å². The average molecular weight is 278 g/mol. The number of piperidine rings is 1. The Morgan fingerprint density at radius 1 is 1.44 bits per heavy atom. The van der Waals surface area contributed by atoms with Crippen molar-refractivity contribution in [2.45, 2.75) is 38.3 Å². The van der Waals surface area contributed by atoms with Crippen molar-refractivity contribution >= 4 is 10.2 Å². The number of hydrogen-bond donors (Lipinski definition) is 2. The van der Waals surface area contributed by atoms with Gasteiger partial charge in [-0.3, -0.25) is 0 Å². The summed E-state index contributed by atoms with van der Waals surface area (Å²) in [7, 11) is 0.470. The minimum atomic E-state index is -3.40. The third-order valence-corrected chi connectivity index (χ3v) is 5.23. The molecule has 1 aliphatic heterocycles. The Hall–Kier alpha value is -0.210. The van der Waals surface area contributed by atoms with Gasteiger partial charge in [-0.15, -0.1) is 0 Å². The van der Waals surface area contributed by atoms with Crippen molar-refractivity contribution < 1.29 is 8.42 Å². The van der Waals surface area contributed by atoms with Gasteiger partial charge in [0.25, 0.3) is 10.2 Å². The van der Waals surface area contributed by atoms with E-state index in [1.54, 1.807) is 0 Å². The molecule has 0 aromatic carbocycles. The fourth-order valence-corrected chi connectivity index (χ4v) is 3.59. The van der Waals surface area contributed by atoms with E-state index >= 15 is 0 Å². The van der Waals surface area contributed by atoms with Gasteiger partial charge in [0.15, 0.2) is 0 Å². The Balaban J connectivity index is 2.61. The second-order valence-electron chi connectivity index (χ2n) is 5.16. The molecule has 0 radical (unpaired) electrons. The standard InChI is InChI=1S/C11H26N4O2S/c1-10(14(2)3)9-13-18(16,17)15-7-5-4-6-11(15)8-12/h10-11,13H,4-9,12H2,1-3H3. The molecule has 0 amide bonds. The second kappa shape index (κ2) is 6.81. The molecule has 0 saturated carbocycles. The van der Waals surface area contributed by atoms with Crippen LogP contribution in [0.25, 0.3) is 0 Å². The van der Waals surface area contributed by atoms with E-state index in [-0.39, 0.29) is 12.1 Å². The number of likely N-dealkylation sites (N-methyl/N-ethyl adjacent to an activating group) is 1. The maximum atomic E-state index is 12.2. The van der Waals surface area contributed by atoms with Gasteiger partial charge in [-0.25, -0.2) is 4.72 Å². The predicted octanol–water partition coefficient (Wildman–Crippen LogP) is -0.416. The van der Waals surface area contributed by atoms with Gasteiger partial charge in [0, 0.05) is 31.7 Å². The fraction of sp³-hybridized carbons (Fsp3) is 1.00. The Labute approximate surface area is 111 Å². The van der Waals surface area contributed by atoms with E-state index in [0.717, 1.165) is 19.3 Å². The Morgan fingerprint density at radius 3 is 2.67 bits per heavy atom. The van der Waals surface area contributed by atoms with E-state index in [1.165, 1.54) is 4.31 Å². The highest BCUT2D eigenvalue weighted by molar-refractivity contribution is 7.87. The number of rotatable bonds is 6. The molecule has 1 heterocycles. The van der Waals surface area contributed by atoms with Crippen LogP contribution in [0.2, 0.25) is 0 Å². The van der Waals surface area contributed by atoms with Crippen LogP contribution in [-0.2, 0) is 10.2 Å². The quantitative estimate of drug-likeness (QED) is 0.692. The summed E-state index contributed by atoms with van der Waals surface area (Å²) in [5.74, 6) is 0. The smallest absolute Gasteiger partial charge is 0.279 e. The Morgan fingerprint density at radius 2 is 2.11 bits per heavy atom. The zero-order valence-corrected chi connectivity index (χ0v) is 12.4. The highest BCUT2D eigenvalue weighted by Gasteiger charge is 2.31. The van der Waals surface area contributed by atoms with Crippen molar-refractivity contribution in [3.63, 3.8) is 0 Å². The predicted molar refractivity (Wildman–Crippen MR) is 73.5 cm³/mol. The van der Waals surface area contributed by atoms with Gasteiger partial charge in [-0.05, 0) is 33.9 Å². The summed E-state index contributed by atoms with van der Waals surface area (Å²) in [5, 5.41) is 0. The van der Waals surface area contributed by atoms with Crippen LogP contribution in [0.3, 0.4) is 0 Å². The first-order valence-electron chi connectivity index (χ1n) is 6.51. The van der Waals surface area contributed by atoms with Gasteiger partial charge < -0.3 is 10.6 Å². The first-order valence-corrected chi connectivity index (χ1v) is 7.95.